The topological polar surface area (TPSA) is 9.23 Å². The van der Waals surface area contributed by atoms with E-state index in [0.717, 1.165) is 0 Å². The van der Waals surface area contributed by atoms with Crippen LogP contribution in [0.15, 0.2) is 24.3 Å². The van der Waals surface area contributed by atoms with Gasteiger partial charge in [0.25, 0.3) is 6.43 Å². The van der Waals surface area contributed by atoms with Gasteiger partial charge in [-0.2, -0.15) is 0 Å². The summed E-state index contributed by atoms with van der Waals surface area (Å²) < 4.78 is 28.8. The minimum Gasteiger partial charge on any atom is -0.497 e. The van der Waals surface area contributed by atoms with Gasteiger partial charge in [-0.1, -0.05) is 12.1 Å². The molecule has 0 heterocycles. The van der Waals surface area contributed by atoms with E-state index in [1.54, 1.807) is 12.1 Å². The Morgan fingerprint density at radius 3 is 2.64 bits per heavy atom. The first-order valence-corrected chi connectivity index (χ1v) is 3.16. The highest BCUT2D eigenvalue weighted by Crippen LogP contribution is 2.22. The van der Waals surface area contributed by atoms with Crippen molar-refractivity contribution >= 4 is 0 Å². The summed E-state index contributed by atoms with van der Waals surface area (Å²) in [6, 6.07) is 5.87. The summed E-state index contributed by atoms with van der Waals surface area (Å²) in [6.45, 7) is 0. The van der Waals surface area contributed by atoms with Crippen LogP contribution in [0.2, 0.25) is 0 Å². The van der Waals surface area contributed by atoms with Crippen molar-refractivity contribution < 1.29 is 13.5 Å². The number of rotatable bonds is 2. The van der Waals surface area contributed by atoms with Crippen LogP contribution in [0.5, 0.6) is 5.75 Å². The molecule has 0 bridgehead atoms. The highest BCUT2D eigenvalue weighted by molar-refractivity contribution is 5.28. The van der Waals surface area contributed by atoms with Crippen molar-refractivity contribution in [3.63, 3.8) is 0 Å². The Morgan fingerprint density at radius 1 is 1.36 bits per heavy atom. The molecule has 1 rings (SSSR count). The number of hydrogen-bond donors (Lipinski definition) is 0. The molecule has 0 atom stereocenters. The van der Waals surface area contributed by atoms with Crippen LogP contribution in [0.3, 0.4) is 0 Å². The molecule has 0 aliphatic carbocycles. The van der Waals surface area contributed by atoms with Gasteiger partial charge in [-0.3, -0.25) is 0 Å². The van der Waals surface area contributed by atoms with E-state index in [9.17, 15) is 8.78 Å². The smallest absolute Gasteiger partial charge is 0.263 e. The normalized spacial score (nSPS) is 10.2. The van der Waals surface area contributed by atoms with Gasteiger partial charge in [-0.05, 0) is 12.1 Å². The standard InChI is InChI=1S/C8H8F2O/c1-11-7-4-2-3-6(5-7)8(9)10/h2-5,8H,1H3. The fourth-order valence-corrected chi connectivity index (χ4v) is 0.777. The van der Waals surface area contributed by atoms with Gasteiger partial charge >= 0.3 is 0 Å². The SMILES string of the molecule is COc1cccc(C(F)F)c1. The van der Waals surface area contributed by atoms with Gasteiger partial charge in [-0.25, -0.2) is 8.78 Å². The Balaban J connectivity index is 2.91. The highest BCUT2D eigenvalue weighted by Gasteiger charge is 2.06. The first-order valence-electron chi connectivity index (χ1n) is 3.16. The van der Waals surface area contributed by atoms with E-state index in [4.69, 9.17) is 4.74 Å². The summed E-state index contributed by atoms with van der Waals surface area (Å²) in [5.41, 5.74) is -0.00986. The molecular weight excluding hydrogens is 150 g/mol. The molecule has 0 radical (unpaired) electrons. The second kappa shape index (κ2) is 3.32. The van der Waals surface area contributed by atoms with Crippen molar-refractivity contribution in [2.24, 2.45) is 0 Å². The Kier molecular flexibility index (Phi) is 2.41. The van der Waals surface area contributed by atoms with Crippen molar-refractivity contribution in [2.75, 3.05) is 7.11 Å². The van der Waals surface area contributed by atoms with E-state index in [1.807, 2.05) is 0 Å². The molecule has 0 fully saturated rings. The van der Waals surface area contributed by atoms with Crippen molar-refractivity contribution in [1.82, 2.24) is 0 Å². The number of alkyl halides is 2. The van der Waals surface area contributed by atoms with Crippen LogP contribution in [0, 0.1) is 0 Å². The number of hydrogen-bond acceptors (Lipinski definition) is 1. The van der Waals surface area contributed by atoms with Gasteiger partial charge in [0.1, 0.15) is 5.75 Å². The van der Waals surface area contributed by atoms with E-state index in [1.165, 1.54) is 19.2 Å². The largest absolute Gasteiger partial charge is 0.497 e. The molecule has 60 valence electrons. The quantitative estimate of drug-likeness (QED) is 0.642. The molecule has 0 aliphatic heterocycles. The maximum atomic E-state index is 12.0. The predicted molar refractivity (Wildman–Crippen MR) is 38.0 cm³/mol. The molecule has 0 saturated heterocycles. The number of methoxy groups -OCH3 is 1. The lowest BCUT2D eigenvalue weighted by molar-refractivity contribution is 0.151. The molecule has 1 aromatic rings. The van der Waals surface area contributed by atoms with Gasteiger partial charge in [0, 0.05) is 5.56 Å². The third kappa shape index (κ3) is 1.90. The molecule has 0 N–H and O–H groups in total. The number of benzene rings is 1. The van der Waals surface area contributed by atoms with Crippen LogP contribution < -0.4 is 4.74 Å². The van der Waals surface area contributed by atoms with Crippen LogP contribution in [-0.4, -0.2) is 7.11 Å². The van der Waals surface area contributed by atoms with Crippen molar-refractivity contribution in [3.05, 3.63) is 29.8 Å². The Morgan fingerprint density at radius 2 is 2.09 bits per heavy atom. The van der Waals surface area contributed by atoms with Crippen LogP contribution in [-0.2, 0) is 0 Å². The summed E-state index contributed by atoms with van der Waals surface area (Å²) in [4.78, 5) is 0. The predicted octanol–water partition coefficient (Wildman–Crippen LogP) is 2.63. The number of ether oxygens (including phenoxy) is 1. The third-order valence-corrected chi connectivity index (χ3v) is 1.35. The van der Waals surface area contributed by atoms with Crippen molar-refractivity contribution in [3.8, 4) is 5.75 Å². The second-order valence-corrected chi connectivity index (χ2v) is 2.08. The Bertz CT molecular complexity index is 235. The van der Waals surface area contributed by atoms with Crippen molar-refractivity contribution in [2.45, 2.75) is 6.43 Å². The van der Waals surface area contributed by atoms with Crippen LogP contribution >= 0.6 is 0 Å². The molecule has 1 aromatic carbocycles. The zero-order valence-electron chi connectivity index (χ0n) is 6.05. The Labute approximate surface area is 63.6 Å². The lowest BCUT2D eigenvalue weighted by Crippen LogP contribution is -1.86. The van der Waals surface area contributed by atoms with Gasteiger partial charge in [0.15, 0.2) is 0 Å². The van der Waals surface area contributed by atoms with Crippen LogP contribution in [0.4, 0.5) is 8.78 Å². The lowest BCUT2D eigenvalue weighted by Gasteiger charge is -2.01. The fraction of sp³-hybridized carbons (Fsp3) is 0.250. The maximum Gasteiger partial charge on any atom is 0.263 e. The molecule has 0 unspecified atom stereocenters. The van der Waals surface area contributed by atoms with E-state index >= 15 is 0 Å². The summed E-state index contributed by atoms with van der Waals surface area (Å²) >= 11 is 0. The molecule has 11 heavy (non-hydrogen) atoms. The first kappa shape index (κ1) is 7.98. The van der Waals surface area contributed by atoms with Gasteiger partial charge in [-0.15, -0.1) is 0 Å². The second-order valence-electron chi connectivity index (χ2n) is 2.08. The fourth-order valence-electron chi connectivity index (χ4n) is 0.777. The zero-order chi connectivity index (χ0) is 8.27. The van der Waals surface area contributed by atoms with Crippen molar-refractivity contribution in [1.29, 1.82) is 0 Å². The maximum absolute atomic E-state index is 12.0. The lowest BCUT2D eigenvalue weighted by atomic mass is 10.2. The van der Waals surface area contributed by atoms with E-state index in [2.05, 4.69) is 0 Å². The van der Waals surface area contributed by atoms with Gasteiger partial charge < -0.3 is 4.74 Å². The molecule has 1 nitrogen and oxygen atoms in total. The summed E-state index contributed by atoms with van der Waals surface area (Å²) in [7, 11) is 1.45. The number of halogens is 2. The molecule has 0 saturated carbocycles. The molecule has 0 aliphatic rings. The zero-order valence-corrected chi connectivity index (χ0v) is 6.05. The van der Waals surface area contributed by atoms with E-state index in [-0.39, 0.29) is 5.56 Å². The minimum absolute atomic E-state index is 0.00986. The average Bonchev–Trinajstić information content (AvgIpc) is 2.05. The Hall–Kier alpha value is -1.12. The van der Waals surface area contributed by atoms with Crippen LogP contribution in [0.25, 0.3) is 0 Å². The summed E-state index contributed by atoms with van der Waals surface area (Å²) in [5, 5.41) is 0. The average molecular weight is 158 g/mol. The van der Waals surface area contributed by atoms with E-state index < -0.39 is 6.43 Å². The molecule has 0 aromatic heterocycles. The van der Waals surface area contributed by atoms with E-state index in [0.29, 0.717) is 5.75 Å². The minimum atomic E-state index is -2.43. The van der Waals surface area contributed by atoms with Gasteiger partial charge in [0.05, 0.1) is 7.11 Å². The monoisotopic (exact) mass is 158 g/mol. The molecule has 0 spiro atoms. The summed E-state index contributed by atoms with van der Waals surface area (Å²) in [6.07, 6.45) is -2.43. The van der Waals surface area contributed by atoms with Gasteiger partial charge in [0.2, 0.25) is 0 Å². The molecule has 0 amide bonds. The first-order chi connectivity index (χ1) is 5.24. The highest BCUT2D eigenvalue weighted by atomic mass is 19.3. The third-order valence-electron chi connectivity index (χ3n) is 1.35. The molecular formula is C8H8F2O. The molecule has 3 heteroatoms. The summed E-state index contributed by atoms with van der Waals surface area (Å²) in [5.74, 6) is 0.461. The van der Waals surface area contributed by atoms with Crippen LogP contribution in [0.1, 0.15) is 12.0 Å².